The summed E-state index contributed by atoms with van der Waals surface area (Å²) in [5.74, 6) is -0.130. The van der Waals surface area contributed by atoms with Crippen molar-refractivity contribution in [3.63, 3.8) is 0 Å². The quantitative estimate of drug-likeness (QED) is 0.840. The van der Waals surface area contributed by atoms with Gasteiger partial charge in [0.15, 0.2) is 0 Å². The van der Waals surface area contributed by atoms with Crippen LogP contribution >= 0.6 is 0 Å². The Hall–Kier alpha value is -1.56. The van der Waals surface area contributed by atoms with E-state index in [1.165, 1.54) is 23.1 Å². The smallest absolute Gasteiger partial charge is 0.223 e. The molecule has 1 fully saturated rings. The second kappa shape index (κ2) is 6.69. The number of hydrogen-bond donors (Lipinski definition) is 0. The molecule has 1 aliphatic heterocycles. The summed E-state index contributed by atoms with van der Waals surface area (Å²) in [6.45, 7) is 7.04. The number of nitrogens with zero attached hydrogens (tertiary/aromatic N) is 2. The predicted molar refractivity (Wildman–Crippen MR) is 89.0 cm³/mol. The van der Waals surface area contributed by atoms with E-state index in [1.54, 1.807) is 4.90 Å². The van der Waals surface area contributed by atoms with Crippen LogP contribution in [0.1, 0.15) is 17.5 Å². The molecule has 0 N–H and O–H groups in total. The fraction of sp³-hybridized carbons (Fsp3) is 0.562. The normalized spacial score (nSPS) is 16.0. The SMILES string of the molecule is Cc1ccc(C)c(N2CCN(C(=O)CCS(C)(=O)=O)CC2)c1. The molecule has 122 valence electrons. The third-order valence-corrected chi connectivity index (χ3v) is 4.97. The summed E-state index contributed by atoms with van der Waals surface area (Å²) in [4.78, 5) is 16.1. The lowest BCUT2D eigenvalue weighted by molar-refractivity contribution is -0.131. The first-order chi connectivity index (χ1) is 10.3. The fourth-order valence-electron chi connectivity index (χ4n) is 2.69. The van der Waals surface area contributed by atoms with Crippen LogP contribution in [-0.4, -0.2) is 57.4 Å². The highest BCUT2D eigenvalue weighted by atomic mass is 32.2. The van der Waals surface area contributed by atoms with Crippen molar-refractivity contribution in [2.75, 3.05) is 43.1 Å². The van der Waals surface area contributed by atoms with E-state index in [2.05, 4.69) is 36.9 Å². The largest absolute Gasteiger partial charge is 0.368 e. The first-order valence-electron chi connectivity index (χ1n) is 7.54. The van der Waals surface area contributed by atoms with Gasteiger partial charge in [-0.3, -0.25) is 4.79 Å². The van der Waals surface area contributed by atoms with Crippen molar-refractivity contribution in [1.82, 2.24) is 4.90 Å². The van der Waals surface area contributed by atoms with Crippen LogP contribution in [0.25, 0.3) is 0 Å². The number of benzene rings is 1. The third kappa shape index (κ3) is 4.47. The average Bonchev–Trinajstić information content (AvgIpc) is 2.47. The van der Waals surface area contributed by atoms with Gasteiger partial charge < -0.3 is 9.80 Å². The van der Waals surface area contributed by atoms with Gasteiger partial charge in [-0.05, 0) is 31.0 Å². The molecule has 1 aliphatic rings. The van der Waals surface area contributed by atoms with Gasteiger partial charge in [0.1, 0.15) is 9.84 Å². The van der Waals surface area contributed by atoms with Gasteiger partial charge in [-0.25, -0.2) is 8.42 Å². The summed E-state index contributed by atoms with van der Waals surface area (Å²) < 4.78 is 22.3. The summed E-state index contributed by atoms with van der Waals surface area (Å²) >= 11 is 0. The molecule has 0 saturated carbocycles. The van der Waals surface area contributed by atoms with Crippen LogP contribution in [0.2, 0.25) is 0 Å². The molecule has 0 unspecified atom stereocenters. The highest BCUT2D eigenvalue weighted by molar-refractivity contribution is 7.90. The summed E-state index contributed by atoms with van der Waals surface area (Å²) in [6, 6.07) is 6.40. The number of sulfone groups is 1. The minimum absolute atomic E-state index is 0.0639. The molecular weight excluding hydrogens is 300 g/mol. The van der Waals surface area contributed by atoms with Gasteiger partial charge in [0.25, 0.3) is 0 Å². The molecule has 1 saturated heterocycles. The standard InChI is InChI=1S/C16H24N2O3S/c1-13-4-5-14(2)15(12-13)17-7-9-18(10-8-17)16(19)6-11-22(3,20)21/h4-5,12H,6-11H2,1-3H3. The molecule has 1 aromatic carbocycles. The molecule has 0 aromatic heterocycles. The van der Waals surface area contributed by atoms with Crippen molar-refractivity contribution in [2.45, 2.75) is 20.3 Å². The Morgan fingerprint density at radius 1 is 1.14 bits per heavy atom. The lowest BCUT2D eigenvalue weighted by Gasteiger charge is -2.37. The monoisotopic (exact) mass is 324 g/mol. The van der Waals surface area contributed by atoms with Crippen LogP contribution in [0.15, 0.2) is 18.2 Å². The molecule has 5 nitrogen and oxygen atoms in total. The van der Waals surface area contributed by atoms with E-state index in [0.29, 0.717) is 13.1 Å². The Labute approximate surface area is 132 Å². The van der Waals surface area contributed by atoms with Crippen molar-refractivity contribution in [3.8, 4) is 0 Å². The predicted octanol–water partition coefficient (Wildman–Crippen LogP) is 1.39. The van der Waals surface area contributed by atoms with Crippen molar-refractivity contribution >= 4 is 21.4 Å². The molecule has 1 amide bonds. The molecule has 6 heteroatoms. The third-order valence-electron chi connectivity index (χ3n) is 4.02. The highest BCUT2D eigenvalue weighted by Gasteiger charge is 2.22. The topological polar surface area (TPSA) is 57.7 Å². The van der Waals surface area contributed by atoms with Gasteiger partial charge >= 0.3 is 0 Å². The van der Waals surface area contributed by atoms with Crippen molar-refractivity contribution in [2.24, 2.45) is 0 Å². The van der Waals surface area contributed by atoms with Crippen LogP contribution in [0.5, 0.6) is 0 Å². The number of piperazine rings is 1. The summed E-state index contributed by atoms with van der Waals surface area (Å²) in [7, 11) is -3.08. The lowest BCUT2D eigenvalue weighted by atomic mass is 10.1. The minimum atomic E-state index is -3.08. The molecule has 0 radical (unpaired) electrons. The second-order valence-corrected chi connectivity index (χ2v) is 8.30. The van der Waals surface area contributed by atoms with Crippen LogP contribution in [-0.2, 0) is 14.6 Å². The number of aryl methyl sites for hydroxylation is 2. The number of carbonyl (C=O) groups excluding carboxylic acids is 1. The highest BCUT2D eigenvalue weighted by Crippen LogP contribution is 2.22. The number of hydrogen-bond acceptors (Lipinski definition) is 4. The lowest BCUT2D eigenvalue weighted by Crippen LogP contribution is -2.49. The fourth-order valence-corrected chi connectivity index (χ4v) is 3.23. The van der Waals surface area contributed by atoms with Crippen molar-refractivity contribution in [1.29, 1.82) is 0 Å². The molecular formula is C16H24N2O3S. The van der Waals surface area contributed by atoms with Gasteiger partial charge in [-0.2, -0.15) is 0 Å². The molecule has 0 bridgehead atoms. The van der Waals surface area contributed by atoms with Crippen LogP contribution in [0.4, 0.5) is 5.69 Å². The number of rotatable bonds is 4. The number of anilines is 1. The summed E-state index contributed by atoms with van der Waals surface area (Å²) in [6.07, 6.45) is 1.25. The molecule has 0 atom stereocenters. The Kier molecular flexibility index (Phi) is 5.11. The molecule has 0 aliphatic carbocycles. The number of carbonyl (C=O) groups is 1. The molecule has 1 heterocycles. The first kappa shape index (κ1) is 16.8. The van der Waals surface area contributed by atoms with Gasteiger partial charge in [-0.1, -0.05) is 12.1 Å². The van der Waals surface area contributed by atoms with Crippen LogP contribution < -0.4 is 4.90 Å². The number of amides is 1. The van der Waals surface area contributed by atoms with Gasteiger partial charge in [0, 0.05) is 44.5 Å². The van der Waals surface area contributed by atoms with Gasteiger partial charge in [0.05, 0.1) is 5.75 Å². The van der Waals surface area contributed by atoms with Crippen molar-refractivity contribution in [3.05, 3.63) is 29.3 Å². The molecule has 0 spiro atoms. The maximum Gasteiger partial charge on any atom is 0.223 e. The summed E-state index contributed by atoms with van der Waals surface area (Å²) in [5, 5.41) is 0. The van der Waals surface area contributed by atoms with E-state index in [-0.39, 0.29) is 18.1 Å². The average molecular weight is 324 g/mol. The Morgan fingerprint density at radius 3 is 2.36 bits per heavy atom. The van der Waals surface area contributed by atoms with Crippen LogP contribution in [0, 0.1) is 13.8 Å². The van der Waals surface area contributed by atoms with E-state index >= 15 is 0 Å². The first-order valence-corrected chi connectivity index (χ1v) is 9.60. The molecule has 1 aromatic rings. The van der Waals surface area contributed by atoms with E-state index in [0.717, 1.165) is 13.1 Å². The zero-order valence-electron chi connectivity index (χ0n) is 13.5. The molecule has 22 heavy (non-hydrogen) atoms. The maximum absolute atomic E-state index is 12.1. The summed E-state index contributed by atoms with van der Waals surface area (Å²) in [5.41, 5.74) is 3.69. The van der Waals surface area contributed by atoms with Crippen LogP contribution in [0.3, 0.4) is 0 Å². The second-order valence-electron chi connectivity index (χ2n) is 6.04. The van der Waals surface area contributed by atoms with Crippen molar-refractivity contribution < 1.29 is 13.2 Å². The van der Waals surface area contributed by atoms with E-state index < -0.39 is 9.84 Å². The zero-order valence-corrected chi connectivity index (χ0v) is 14.3. The Morgan fingerprint density at radius 2 is 1.77 bits per heavy atom. The maximum atomic E-state index is 12.1. The van der Waals surface area contributed by atoms with Gasteiger partial charge in [-0.15, -0.1) is 0 Å². The van der Waals surface area contributed by atoms with E-state index in [1.807, 2.05) is 0 Å². The Balaban J connectivity index is 1.93. The molecule has 2 rings (SSSR count). The van der Waals surface area contributed by atoms with Gasteiger partial charge in [0.2, 0.25) is 5.91 Å². The van der Waals surface area contributed by atoms with E-state index in [4.69, 9.17) is 0 Å². The minimum Gasteiger partial charge on any atom is -0.368 e. The zero-order chi connectivity index (χ0) is 16.3. The Bertz CT molecular complexity index is 647. The van der Waals surface area contributed by atoms with E-state index in [9.17, 15) is 13.2 Å².